The lowest BCUT2D eigenvalue weighted by Gasteiger charge is -2.15. The van der Waals surface area contributed by atoms with Crippen LogP contribution < -0.4 is 0 Å². The van der Waals surface area contributed by atoms with E-state index in [0.717, 1.165) is 25.4 Å². The maximum atomic E-state index is 5.35. The second-order valence-corrected chi connectivity index (χ2v) is 3.11. The summed E-state index contributed by atoms with van der Waals surface area (Å²) in [7, 11) is 0. The van der Waals surface area contributed by atoms with E-state index >= 15 is 0 Å². The minimum Gasteiger partial charge on any atom is -0.353 e. The van der Waals surface area contributed by atoms with Crippen LogP contribution in [0.5, 0.6) is 0 Å². The maximum Gasteiger partial charge on any atom is 0.158 e. The zero-order chi connectivity index (χ0) is 8.53. The summed E-state index contributed by atoms with van der Waals surface area (Å²) in [5.74, 6) is 1.10. The molecule has 0 bridgehead atoms. The Morgan fingerprint density at radius 2 is 1.73 bits per heavy atom. The molecule has 3 heteroatoms. The van der Waals surface area contributed by atoms with E-state index in [4.69, 9.17) is 9.47 Å². The van der Waals surface area contributed by atoms with Crippen LogP contribution in [0.2, 0.25) is 0 Å². The van der Waals surface area contributed by atoms with Gasteiger partial charge in [0, 0.05) is 19.6 Å². The first-order valence-corrected chi connectivity index (χ1v) is 5.46. The molecule has 0 aliphatic rings. The summed E-state index contributed by atoms with van der Waals surface area (Å²) < 4.78 is 10.7. The van der Waals surface area contributed by atoms with E-state index in [9.17, 15) is 0 Å². The lowest BCUT2D eigenvalue weighted by Crippen LogP contribution is -2.17. The molecule has 0 rings (SSSR count). The summed E-state index contributed by atoms with van der Waals surface area (Å²) >= 11 is 1.82. The van der Waals surface area contributed by atoms with Crippen molar-refractivity contribution in [3.05, 3.63) is 0 Å². The van der Waals surface area contributed by atoms with Gasteiger partial charge in [0.2, 0.25) is 0 Å². The monoisotopic (exact) mass is 178 g/mol. The summed E-state index contributed by atoms with van der Waals surface area (Å²) in [5, 5.41) is 0. The highest BCUT2D eigenvalue weighted by molar-refractivity contribution is 7.98. The smallest absolute Gasteiger partial charge is 0.158 e. The number of rotatable bonds is 7. The van der Waals surface area contributed by atoms with E-state index in [0.29, 0.717) is 0 Å². The van der Waals surface area contributed by atoms with Gasteiger partial charge in [-0.3, -0.25) is 0 Å². The van der Waals surface area contributed by atoms with E-state index in [-0.39, 0.29) is 6.29 Å². The average molecular weight is 178 g/mol. The van der Waals surface area contributed by atoms with Gasteiger partial charge in [-0.2, -0.15) is 11.8 Å². The van der Waals surface area contributed by atoms with Crippen LogP contribution in [-0.2, 0) is 9.47 Å². The molecule has 0 N–H and O–H groups in total. The Balaban J connectivity index is 3.34. The average Bonchev–Trinajstić information content (AvgIpc) is 2.01. The van der Waals surface area contributed by atoms with Crippen LogP contribution in [0.1, 0.15) is 20.3 Å². The fourth-order valence-electron chi connectivity index (χ4n) is 0.801. The van der Waals surface area contributed by atoms with Crippen LogP contribution in [0.3, 0.4) is 0 Å². The van der Waals surface area contributed by atoms with Crippen molar-refractivity contribution in [3.8, 4) is 0 Å². The molecule has 0 aliphatic carbocycles. The highest BCUT2D eigenvalue weighted by atomic mass is 32.2. The predicted octanol–water partition coefficient (Wildman–Crippen LogP) is 2.14. The maximum absolute atomic E-state index is 5.35. The van der Waals surface area contributed by atoms with E-state index < -0.39 is 0 Å². The third-order valence-electron chi connectivity index (χ3n) is 1.26. The Kier molecular flexibility index (Phi) is 8.57. The summed E-state index contributed by atoms with van der Waals surface area (Å²) in [6.07, 6.45) is 3.09. The zero-order valence-corrected chi connectivity index (χ0v) is 8.45. The van der Waals surface area contributed by atoms with Crippen molar-refractivity contribution >= 4 is 11.8 Å². The first kappa shape index (κ1) is 11.3. The van der Waals surface area contributed by atoms with Crippen molar-refractivity contribution in [1.29, 1.82) is 0 Å². The highest BCUT2D eigenvalue weighted by Crippen LogP contribution is 2.05. The first-order valence-electron chi connectivity index (χ1n) is 4.07. The molecule has 0 heterocycles. The molecule has 0 fully saturated rings. The van der Waals surface area contributed by atoms with Crippen molar-refractivity contribution in [2.75, 3.05) is 25.2 Å². The predicted molar refractivity (Wildman–Crippen MR) is 50.0 cm³/mol. The molecule has 0 aromatic carbocycles. The molecule has 0 aliphatic heterocycles. The van der Waals surface area contributed by atoms with Gasteiger partial charge in [0.25, 0.3) is 0 Å². The Hall–Kier alpha value is 0.270. The van der Waals surface area contributed by atoms with E-state index in [1.807, 2.05) is 25.6 Å². The quantitative estimate of drug-likeness (QED) is 0.556. The van der Waals surface area contributed by atoms with Gasteiger partial charge in [-0.05, 0) is 25.9 Å². The molecular weight excluding hydrogens is 160 g/mol. The van der Waals surface area contributed by atoms with Crippen molar-refractivity contribution in [1.82, 2.24) is 0 Å². The van der Waals surface area contributed by atoms with Gasteiger partial charge in [-0.25, -0.2) is 0 Å². The molecule has 0 unspecified atom stereocenters. The number of ether oxygens (including phenoxy) is 2. The summed E-state index contributed by atoms with van der Waals surface area (Å²) in [6, 6.07) is 0. The van der Waals surface area contributed by atoms with Crippen LogP contribution in [-0.4, -0.2) is 31.5 Å². The second-order valence-electron chi connectivity index (χ2n) is 2.12. The van der Waals surface area contributed by atoms with Crippen LogP contribution in [0.4, 0.5) is 0 Å². The van der Waals surface area contributed by atoms with Crippen LogP contribution in [0.15, 0.2) is 0 Å². The van der Waals surface area contributed by atoms with Crippen LogP contribution in [0, 0.1) is 0 Å². The van der Waals surface area contributed by atoms with E-state index in [1.165, 1.54) is 0 Å². The SMILES string of the molecule is CCOC(CCSC)OCC. The Labute approximate surface area is 73.6 Å². The Morgan fingerprint density at radius 3 is 2.09 bits per heavy atom. The fraction of sp³-hybridized carbons (Fsp3) is 1.00. The number of thioether (sulfide) groups is 1. The molecule has 0 atom stereocenters. The van der Waals surface area contributed by atoms with Gasteiger partial charge in [0.15, 0.2) is 6.29 Å². The van der Waals surface area contributed by atoms with Gasteiger partial charge in [-0.15, -0.1) is 0 Å². The zero-order valence-electron chi connectivity index (χ0n) is 7.63. The molecule has 0 aromatic heterocycles. The summed E-state index contributed by atoms with van der Waals surface area (Å²) in [5.41, 5.74) is 0. The Morgan fingerprint density at radius 1 is 1.18 bits per heavy atom. The van der Waals surface area contributed by atoms with E-state index in [2.05, 4.69) is 6.26 Å². The van der Waals surface area contributed by atoms with Crippen molar-refractivity contribution in [2.45, 2.75) is 26.6 Å². The van der Waals surface area contributed by atoms with Gasteiger partial charge >= 0.3 is 0 Å². The Bertz CT molecular complexity index is 72.5. The molecule has 68 valence electrons. The molecule has 2 nitrogen and oxygen atoms in total. The van der Waals surface area contributed by atoms with Crippen molar-refractivity contribution in [2.24, 2.45) is 0 Å². The van der Waals surface area contributed by atoms with Gasteiger partial charge < -0.3 is 9.47 Å². The van der Waals surface area contributed by atoms with Gasteiger partial charge in [-0.1, -0.05) is 0 Å². The standard InChI is InChI=1S/C8H18O2S/c1-4-9-8(10-5-2)6-7-11-3/h8H,4-7H2,1-3H3. The molecule has 0 saturated heterocycles. The molecular formula is C8H18O2S. The second kappa shape index (κ2) is 8.37. The first-order chi connectivity index (χ1) is 5.35. The van der Waals surface area contributed by atoms with Crippen molar-refractivity contribution in [3.63, 3.8) is 0 Å². The van der Waals surface area contributed by atoms with E-state index in [1.54, 1.807) is 0 Å². The van der Waals surface area contributed by atoms with Crippen LogP contribution in [0.25, 0.3) is 0 Å². The summed E-state index contributed by atoms with van der Waals surface area (Å²) in [6.45, 7) is 5.45. The van der Waals surface area contributed by atoms with Gasteiger partial charge in [0.1, 0.15) is 0 Å². The third-order valence-corrected chi connectivity index (χ3v) is 1.91. The van der Waals surface area contributed by atoms with Crippen LogP contribution >= 0.6 is 11.8 Å². The summed E-state index contributed by atoms with van der Waals surface area (Å²) in [4.78, 5) is 0. The molecule has 0 aromatic rings. The molecule has 0 amide bonds. The third kappa shape index (κ3) is 6.66. The highest BCUT2D eigenvalue weighted by Gasteiger charge is 2.05. The minimum atomic E-state index is 0.0115. The molecule has 0 radical (unpaired) electrons. The minimum absolute atomic E-state index is 0.0115. The molecule has 0 spiro atoms. The molecule has 0 saturated carbocycles. The molecule has 11 heavy (non-hydrogen) atoms. The topological polar surface area (TPSA) is 18.5 Å². The van der Waals surface area contributed by atoms with Gasteiger partial charge in [0.05, 0.1) is 0 Å². The number of hydrogen-bond donors (Lipinski definition) is 0. The van der Waals surface area contributed by atoms with Crippen molar-refractivity contribution < 1.29 is 9.47 Å². The lowest BCUT2D eigenvalue weighted by atomic mass is 10.5. The largest absolute Gasteiger partial charge is 0.353 e. The fourth-order valence-corrected chi connectivity index (χ4v) is 1.23. The lowest BCUT2D eigenvalue weighted by molar-refractivity contribution is -0.136. The number of hydrogen-bond acceptors (Lipinski definition) is 3. The normalized spacial score (nSPS) is 10.9.